The van der Waals surface area contributed by atoms with E-state index < -0.39 is 29.8 Å². The highest BCUT2D eigenvalue weighted by molar-refractivity contribution is 6.14. The second kappa shape index (κ2) is 8.96. The van der Waals surface area contributed by atoms with Gasteiger partial charge in [0.05, 0.1) is 6.20 Å². The molecule has 0 radical (unpaired) electrons. The number of hydrogen-bond donors (Lipinski definition) is 4. The number of fused-ring (bicyclic) bond motifs is 1. The molecule has 2 saturated carbocycles. The quantitative estimate of drug-likeness (QED) is 0.338. The van der Waals surface area contributed by atoms with E-state index in [0.29, 0.717) is 11.6 Å². The summed E-state index contributed by atoms with van der Waals surface area (Å²) in [7, 11) is 0. The van der Waals surface area contributed by atoms with E-state index in [4.69, 9.17) is 5.73 Å². The Morgan fingerprint density at radius 3 is 2.47 bits per heavy atom. The minimum atomic E-state index is -5.37. The number of imide groups is 1. The Bertz CT molecular complexity index is 1250. The van der Waals surface area contributed by atoms with Crippen LogP contribution in [0.2, 0.25) is 0 Å². The van der Waals surface area contributed by atoms with Crippen molar-refractivity contribution in [1.29, 1.82) is 0 Å². The SMILES string of the molecule is NC1CCC(Nc2cc(NC3CC3)n3ncc(/C=C4\C(=O)NC(=O)N4OC(=O)C(F)(F)F)c3n2)CC1. The summed E-state index contributed by atoms with van der Waals surface area (Å²) < 4.78 is 39.5. The van der Waals surface area contributed by atoms with Crippen LogP contribution in [0.25, 0.3) is 11.7 Å². The van der Waals surface area contributed by atoms with Crippen molar-refractivity contribution in [3.05, 3.63) is 23.5 Å². The fourth-order valence-electron chi connectivity index (χ4n) is 4.08. The molecular formula is C21H23F3N8O4. The van der Waals surface area contributed by atoms with E-state index in [2.05, 4.69) is 25.6 Å². The topological polar surface area (TPSA) is 156 Å². The summed E-state index contributed by atoms with van der Waals surface area (Å²) in [6, 6.07) is 1.09. The molecule has 5 rings (SSSR count). The minimum Gasteiger partial charge on any atom is -0.367 e. The number of carbonyl (C=O) groups is 3. The molecule has 192 valence electrons. The summed E-state index contributed by atoms with van der Waals surface area (Å²) in [5, 5.41) is 12.8. The van der Waals surface area contributed by atoms with E-state index >= 15 is 0 Å². The zero-order valence-corrected chi connectivity index (χ0v) is 18.8. The number of nitrogens with zero attached hydrogens (tertiary/aromatic N) is 4. The third-order valence-electron chi connectivity index (χ3n) is 6.11. The van der Waals surface area contributed by atoms with Crippen LogP contribution in [0.5, 0.6) is 0 Å². The van der Waals surface area contributed by atoms with Gasteiger partial charge >= 0.3 is 18.2 Å². The Morgan fingerprint density at radius 2 is 1.81 bits per heavy atom. The van der Waals surface area contributed by atoms with Crippen LogP contribution in [-0.2, 0) is 14.4 Å². The third kappa shape index (κ3) is 4.91. The lowest BCUT2D eigenvalue weighted by atomic mass is 9.92. The maximum atomic E-state index is 12.7. The van der Waals surface area contributed by atoms with Gasteiger partial charge < -0.3 is 21.2 Å². The number of nitrogens with one attached hydrogen (secondary N) is 3. The van der Waals surface area contributed by atoms with Crippen LogP contribution >= 0.6 is 0 Å². The second-order valence-electron chi connectivity index (χ2n) is 9.00. The average molecular weight is 508 g/mol. The summed E-state index contributed by atoms with van der Waals surface area (Å²) in [5.41, 5.74) is 5.87. The molecule has 0 unspecified atom stereocenters. The second-order valence-corrected chi connectivity index (χ2v) is 9.00. The van der Waals surface area contributed by atoms with Gasteiger partial charge in [-0.3, -0.25) is 10.1 Å². The van der Waals surface area contributed by atoms with Gasteiger partial charge in [-0.25, -0.2) is 14.6 Å². The zero-order chi connectivity index (χ0) is 25.6. The van der Waals surface area contributed by atoms with Gasteiger partial charge in [-0.2, -0.15) is 22.8 Å². The molecule has 0 spiro atoms. The first-order valence-corrected chi connectivity index (χ1v) is 11.4. The molecule has 3 amide bonds. The van der Waals surface area contributed by atoms with Gasteiger partial charge in [-0.1, -0.05) is 0 Å². The van der Waals surface area contributed by atoms with E-state index in [1.54, 1.807) is 5.32 Å². The highest BCUT2D eigenvalue weighted by atomic mass is 19.4. The van der Waals surface area contributed by atoms with Crippen molar-refractivity contribution in [2.24, 2.45) is 5.73 Å². The molecular weight excluding hydrogens is 485 g/mol. The number of amides is 3. The Balaban J connectivity index is 1.49. The molecule has 0 bridgehead atoms. The average Bonchev–Trinajstić information content (AvgIpc) is 3.48. The lowest BCUT2D eigenvalue weighted by Gasteiger charge is -2.27. The van der Waals surface area contributed by atoms with E-state index in [1.807, 2.05) is 6.07 Å². The first-order chi connectivity index (χ1) is 17.1. The van der Waals surface area contributed by atoms with Crippen LogP contribution in [-0.4, -0.2) is 61.9 Å². The fourth-order valence-corrected chi connectivity index (χ4v) is 4.08. The lowest BCUT2D eigenvalue weighted by molar-refractivity contribution is -0.221. The molecule has 36 heavy (non-hydrogen) atoms. The highest BCUT2D eigenvalue weighted by Gasteiger charge is 2.46. The van der Waals surface area contributed by atoms with Gasteiger partial charge in [0.15, 0.2) is 11.3 Å². The van der Waals surface area contributed by atoms with Crippen LogP contribution < -0.4 is 21.7 Å². The number of nitrogens with two attached hydrogens (primary N) is 1. The summed E-state index contributed by atoms with van der Waals surface area (Å²) in [6.45, 7) is 0. The molecule has 0 atom stereocenters. The van der Waals surface area contributed by atoms with Gasteiger partial charge in [0.1, 0.15) is 11.6 Å². The summed E-state index contributed by atoms with van der Waals surface area (Å²) in [4.78, 5) is 44.3. The maximum Gasteiger partial charge on any atom is 0.493 e. The maximum absolute atomic E-state index is 12.7. The molecule has 2 aromatic rings. The van der Waals surface area contributed by atoms with Crippen molar-refractivity contribution in [1.82, 2.24) is 25.0 Å². The molecule has 1 aliphatic heterocycles. The molecule has 15 heteroatoms. The van der Waals surface area contributed by atoms with Crippen molar-refractivity contribution in [2.45, 2.75) is 62.8 Å². The van der Waals surface area contributed by atoms with Crippen LogP contribution in [0.1, 0.15) is 44.1 Å². The molecule has 2 aliphatic carbocycles. The number of hydrogen-bond acceptors (Lipinski definition) is 9. The number of anilines is 2. The largest absolute Gasteiger partial charge is 0.493 e. The Morgan fingerprint density at radius 1 is 1.14 bits per heavy atom. The molecule has 3 aliphatic rings. The number of rotatable bonds is 6. The van der Waals surface area contributed by atoms with Crippen molar-refractivity contribution in [2.75, 3.05) is 10.6 Å². The number of carbonyl (C=O) groups excluding carboxylic acids is 3. The molecule has 5 N–H and O–H groups in total. The predicted octanol–water partition coefficient (Wildman–Crippen LogP) is 1.90. The van der Waals surface area contributed by atoms with E-state index in [-0.39, 0.29) is 34.4 Å². The number of halogens is 3. The molecule has 12 nitrogen and oxygen atoms in total. The molecule has 3 heterocycles. The Hall–Kier alpha value is -3.88. The van der Waals surface area contributed by atoms with Gasteiger partial charge in [0, 0.05) is 29.8 Å². The van der Waals surface area contributed by atoms with Crippen molar-refractivity contribution < 1.29 is 32.4 Å². The zero-order valence-electron chi connectivity index (χ0n) is 18.8. The normalized spacial score (nSPS) is 23.8. The lowest BCUT2D eigenvalue weighted by Crippen LogP contribution is -2.36. The van der Waals surface area contributed by atoms with Gasteiger partial charge in [0.25, 0.3) is 5.91 Å². The van der Waals surface area contributed by atoms with E-state index in [9.17, 15) is 27.6 Å². The van der Waals surface area contributed by atoms with Gasteiger partial charge in [-0.15, -0.1) is 5.06 Å². The number of aromatic nitrogens is 3. The minimum absolute atomic E-state index is 0.0294. The van der Waals surface area contributed by atoms with Crippen LogP contribution in [0.3, 0.4) is 0 Å². The van der Waals surface area contributed by atoms with Crippen LogP contribution in [0.15, 0.2) is 18.0 Å². The summed E-state index contributed by atoms with van der Waals surface area (Å²) in [6.07, 6.45) is 2.56. The molecule has 0 aromatic carbocycles. The first-order valence-electron chi connectivity index (χ1n) is 11.4. The molecule has 2 aromatic heterocycles. The standard InChI is InChI=1S/C21H23F3N8O4/c22-21(23,24)19(34)36-32-14(18(33)30-20(32)35)7-10-9-26-31-16(28-13-5-6-13)8-15(29-17(10)31)27-12-3-1-11(25)2-4-12/h7-9,11-13,28H,1-6,25H2,(H,27,29)(H,30,33,35)/b14-7+. The molecule has 3 fully saturated rings. The van der Waals surface area contributed by atoms with Gasteiger partial charge in [0.2, 0.25) is 0 Å². The van der Waals surface area contributed by atoms with Gasteiger partial charge in [-0.05, 0) is 44.6 Å². The van der Waals surface area contributed by atoms with Crippen molar-refractivity contribution >= 4 is 41.3 Å². The third-order valence-corrected chi connectivity index (χ3v) is 6.11. The Labute approximate surface area is 202 Å². The van der Waals surface area contributed by atoms with E-state index in [1.165, 1.54) is 10.7 Å². The fraction of sp³-hybridized carbons (Fsp3) is 0.476. The number of hydroxylamine groups is 2. The molecule has 1 saturated heterocycles. The summed E-state index contributed by atoms with van der Waals surface area (Å²) in [5.74, 6) is -2.52. The van der Waals surface area contributed by atoms with Crippen LogP contribution in [0, 0.1) is 0 Å². The summed E-state index contributed by atoms with van der Waals surface area (Å²) >= 11 is 0. The predicted molar refractivity (Wildman–Crippen MR) is 119 cm³/mol. The highest BCUT2D eigenvalue weighted by Crippen LogP contribution is 2.30. The number of alkyl halides is 3. The Kier molecular flexibility index (Phi) is 5.94. The van der Waals surface area contributed by atoms with Crippen LogP contribution in [0.4, 0.5) is 29.6 Å². The van der Waals surface area contributed by atoms with Crippen molar-refractivity contribution in [3.63, 3.8) is 0 Å². The first kappa shape index (κ1) is 23.8. The number of urea groups is 1. The van der Waals surface area contributed by atoms with Crippen molar-refractivity contribution in [3.8, 4) is 0 Å². The smallest absolute Gasteiger partial charge is 0.367 e. The monoisotopic (exact) mass is 508 g/mol. The van der Waals surface area contributed by atoms with E-state index in [0.717, 1.165) is 44.6 Å².